The summed E-state index contributed by atoms with van der Waals surface area (Å²) in [6.07, 6.45) is -4.22. The van der Waals surface area contributed by atoms with Gasteiger partial charge in [-0.15, -0.1) is 0 Å². The van der Waals surface area contributed by atoms with Crippen LogP contribution in [-0.4, -0.2) is 17.6 Å². The summed E-state index contributed by atoms with van der Waals surface area (Å²) >= 11 is 0. The van der Waals surface area contributed by atoms with Crippen LogP contribution in [0, 0.1) is 16.0 Å². The van der Waals surface area contributed by atoms with Crippen LogP contribution in [0.2, 0.25) is 0 Å². The Balaban J connectivity index is 2.23. The average molecular weight is 260 g/mol. The Morgan fingerprint density at radius 1 is 1.28 bits per heavy atom. The Kier molecular flexibility index (Phi) is 3.25. The van der Waals surface area contributed by atoms with Gasteiger partial charge in [0.05, 0.1) is 10.8 Å². The van der Waals surface area contributed by atoms with Crippen molar-refractivity contribution in [3.8, 4) is 0 Å². The van der Waals surface area contributed by atoms with Crippen LogP contribution in [0.4, 0.5) is 18.9 Å². The van der Waals surface area contributed by atoms with Gasteiger partial charge in [0.2, 0.25) is 0 Å². The zero-order valence-corrected chi connectivity index (χ0v) is 9.28. The second-order valence-electron chi connectivity index (χ2n) is 4.22. The summed E-state index contributed by atoms with van der Waals surface area (Å²) in [6, 6.07) is 4.39. The number of nitrogens with one attached hydrogen (secondary N) is 1. The smallest absolute Gasteiger partial charge is 0.309 e. The largest absolute Gasteiger partial charge is 0.393 e. The van der Waals surface area contributed by atoms with Crippen molar-refractivity contribution in [2.24, 2.45) is 5.92 Å². The molecule has 98 valence electrons. The number of hydrogen-bond donors (Lipinski definition) is 1. The molecule has 1 aliphatic rings. The van der Waals surface area contributed by atoms with Gasteiger partial charge in [-0.05, 0) is 18.5 Å². The van der Waals surface area contributed by atoms with E-state index in [1.54, 1.807) is 0 Å². The van der Waals surface area contributed by atoms with E-state index >= 15 is 0 Å². The second kappa shape index (κ2) is 4.56. The number of nitro groups is 1. The Morgan fingerprint density at radius 2 is 1.89 bits per heavy atom. The van der Waals surface area contributed by atoms with E-state index in [-0.39, 0.29) is 12.1 Å². The van der Waals surface area contributed by atoms with E-state index in [0.29, 0.717) is 12.1 Å². The van der Waals surface area contributed by atoms with Crippen LogP contribution in [0.15, 0.2) is 24.3 Å². The molecule has 1 saturated heterocycles. The van der Waals surface area contributed by atoms with Crippen LogP contribution in [-0.2, 0) is 0 Å². The summed E-state index contributed by atoms with van der Waals surface area (Å²) < 4.78 is 38.3. The van der Waals surface area contributed by atoms with Crippen molar-refractivity contribution >= 4 is 5.69 Å². The zero-order chi connectivity index (χ0) is 13.3. The zero-order valence-electron chi connectivity index (χ0n) is 9.28. The molecule has 1 N–H and O–H groups in total. The maximum atomic E-state index is 12.8. The van der Waals surface area contributed by atoms with Gasteiger partial charge in [0.25, 0.3) is 5.69 Å². The van der Waals surface area contributed by atoms with E-state index in [9.17, 15) is 23.3 Å². The monoisotopic (exact) mass is 260 g/mol. The SMILES string of the molecule is O=[N+]([O-])c1ccc(C2NCCC2C(F)(F)F)cc1. The summed E-state index contributed by atoms with van der Waals surface area (Å²) in [7, 11) is 0. The highest BCUT2D eigenvalue weighted by Gasteiger charge is 2.47. The van der Waals surface area contributed by atoms with Gasteiger partial charge >= 0.3 is 6.18 Å². The highest BCUT2D eigenvalue weighted by Crippen LogP contribution is 2.41. The van der Waals surface area contributed by atoms with Gasteiger partial charge in [-0.1, -0.05) is 12.1 Å². The number of alkyl halides is 3. The third kappa shape index (κ3) is 2.45. The molecule has 0 aromatic heterocycles. The molecule has 7 heteroatoms. The quantitative estimate of drug-likeness (QED) is 0.657. The Bertz CT molecular complexity index is 445. The molecular formula is C11H11F3N2O2. The molecule has 2 atom stereocenters. The highest BCUT2D eigenvalue weighted by molar-refractivity contribution is 5.34. The maximum absolute atomic E-state index is 12.8. The summed E-state index contributed by atoms with van der Waals surface area (Å²) in [4.78, 5) is 9.89. The predicted octanol–water partition coefficient (Wildman–Crippen LogP) is 2.81. The first kappa shape index (κ1) is 12.8. The molecule has 1 aromatic rings. The van der Waals surface area contributed by atoms with Crippen molar-refractivity contribution in [1.82, 2.24) is 5.32 Å². The fraction of sp³-hybridized carbons (Fsp3) is 0.455. The molecule has 0 aliphatic carbocycles. The summed E-state index contributed by atoms with van der Waals surface area (Å²) in [6.45, 7) is 0.297. The maximum Gasteiger partial charge on any atom is 0.393 e. The minimum atomic E-state index is -4.25. The minimum absolute atomic E-state index is 0.0329. The molecule has 2 unspecified atom stereocenters. The van der Waals surface area contributed by atoms with Gasteiger partial charge in [0.1, 0.15) is 0 Å². The minimum Gasteiger partial charge on any atom is -0.309 e. The number of nitrogens with zero attached hydrogens (tertiary/aromatic N) is 1. The van der Waals surface area contributed by atoms with Gasteiger partial charge in [-0.3, -0.25) is 10.1 Å². The van der Waals surface area contributed by atoms with Gasteiger partial charge < -0.3 is 5.32 Å². The molecule has 0 saturated carbocycles. The van der Waals surface area contributed by atoms with Gasteiger partial charge in [-0.25, -0.2) is 0 Å². The normalized spacial score (nSPS) is 24.2. The van der Waals surface area contributed by atoms with Crippen molar-refractivity contribution in [2.45, 2.75) is 18.6 Å². The van der Waals surface area contributed by atoms with Crippen LogP contribution in [0.3, 0.4) is 0 Å². The standard InChI is InChI=1S/C11H11F3N2O2/c12-11(13,14)9-5-6-15-10(9)7-1-3-8(4-2-7)16(17)18/h1-4,9-10,15H,5-6H2. The molecule has 18 heavy (non-hydrogen) atoms. The summed E-state index contributed by atoms with van der Waals surface area (Å²) in [5, 5.41) is 13.3. The molecule has 1 aliphatic heterocycles. The number of nitro benzene ring substituents is 1. The van der Waals surface area contributed by atoms with Crippen LogP contribution < -0.4 is 5.32 Å². The topological polar surface area (TPSA) is 55.2 Å². The van der Waals surface area contributed by atoms with Crippen molar-refractivity contribution in [2.75, 3.05) is 6.54 Å². The first-order valence-electron chi connectivity index (χ1n) is 5.44. The third-order valence-corrected chi connectivity index (χ3v) is 3.11. The molecule has 4 nitrogen and oxygen atoms in total. The van der Waals surface area contributed by atoms with E-state index in [0.717, 1.165) is 0 Å². The van der Waals surface area contributed by atoms with E-state index in [1.165, 1.54) is 24.3 Å². The first-order chi connectivity index (χ1) is 8.39. The lowest BCUT2D eigenvalue weighted by atomic mass is 9.93. The fourth-order valence-corrected chi connectivity index (χ4v) is 2.21. The molecule has 1 fully saturated rings. The Hall–Kier alpha value is -1.63. The molecule has 0 bridgehead atoms. The Labute approximate surface area is 101 Å². The van der Waals surface area contributed by atoms with Crippen LogP contribution >= 0.6 is 0 Å². The van der Waals surface area contributed by atoms with Crippen LogP contribution in [0.1, 0.15) is 18.0 Å². The lowest BCUT2D eigenvalue weighted by molar-refractivity contribution is -0.384. The van der Waals surface area contributed by atoms with E-state index < -0.39 is 23.1 Å². The predicted molar refractivity (Wildman–Crippen MR) is 58.0 cm³/mol. The lowest BCUT2D eigenvalue weighted by Gasteiger charge is -2.22. The summed E-state index contributed by atoms with van der Waals surface area (Å²) in [5.41, 5.74) is 0.306. The summed E-state index contributed by atoms with van der Waals surface area (Å²) in [5.74, 6) is -1.43. The second-order valence-corrected chi connectivity index (χ2v) is 4.22. The number of hydrogen-bond acceptors (Lipinski definition) is 3. The lowest BCUT2D eigenvalue weighted by Crippen LogP contribution is -2.28. The fourth-order valence-electron chi connectivity index (χ4n) is 2.21. The number of non-ortho nitro benzene ring substituents is 1. The van der Waals surface area contributed by atoms with Crippen molar-refractivity contribution in [1.29, 1.82) is 0 Å². The number of halogens is 3. The first-order valence-corrected chi connectivity index (χ1v) is 5.44. The molecule has 2 rings (SSSR count). The van der Waals surface area contributed by atoms with Gasteiger partial charge in [0, 0.05) is 18.2 Å². The van der Waals surface area contributed by atoms with Crippen LogP contribution in [0.5, 0.6) is 0 Å². The molecule has 0 amide bonds. The number of rotatable bonds is 2. The van der Waals surface area contributed by atoms with Gasteiger partial charge in [-0.2, -0.15) is 13.2 Å². The van der Waals surface area contributed by atoms with Crippen molar-refractivity contribution in [3.05, 3.63) is 39.9 Å². The molecule has 0 spiro atoms. The molecule has 0 radical (unpaired) electrons. The molecular weight excluding hydrogens is 249 g/mol. The number of benzene rings is 1. The van der Waals surface area contributed by atoms with E-state index in [1.807, 2.05) is 0 Å². The van der Waals surface area contributed by atoms with Crippen molar-refractivity contribution in [3.63, 3.8) is 0 Å². The van der Waals surface area contributed by atoms with E-state index in [4.69, 9.17) is 0 Å². The molecule has 1 heterocycles. The van der Waals surface area contributed by atoms with E-state index in [2.05, 4.69) is 5.32 Å². The third-order valence-electron chi connectivity index (χ3n) is 3.11. The molecule has 1 aromatic carbocycles. The van der Waals surface area contributed by atoms with Gasteiger partial charge in [0.15, 0.2) is 0 Å². The Morgan fingerprint density at radius 3 is 2.39 bits per heavy atom. The van der Waals surface area contributed by atoms with Crippen molar-refractivity contribution < 1.29 is 18.1 Å². The average Bonchev–Trinajstić information content (AvgIpc) is 2.77. The highest BCUT2D eigenvalue weighted by atomic mass is 19.4. The van der Waals surface area contributed by atoms with Crippen LogP contribution in [0.25, 0.3) is 0 Å².